The average molecular weight is 320 g/mol. The van der Waals surface area contributed by atoms with Crippen LogP contribution in [0.3, 0.4) is 0 Å². The van der Waals surface area contributed by atoms with Crippen LogP contribution in [0.1, 0.15) is 25.5 Å². The molecule has 0 bridgehead atoms. The van der Waals surface area contributed by atoms with Crippen molar-refractivity contribution in [2.24, 2.45) is 0 Å². The zero-order valence-electron chi connectivity index (χ0n) is 11.8. The Morgan fingerprint density at radius 3 is 2.10 bits per heavy atom. The topological polar surface area (TPSA) is 92.3 Å². The normalized spacial score (nSPS) is 13.9. The lowest BCUT2D eigenvalue weighted by atomic mass is 10.1. The summed E-state index contributed by atoms with van der Waals surface area (Å²) in [4.78, 5) is 0. The van der Waals surface area contributed by atoms with Gasteiger partial charge >= 0.3 is 0 Å². The Morgan fingerprint density at radius 1 is 1.10 bits per heavy atom. The lowest BCUT2D eigenvalue weighted by Crippen LogP contribution is -2.22. The van der Waals surface area contributed by atoms with E-state index in [9.17, 15) is 16.8 Å². The number of sulfonamides is 1. The summed E-state index contributed by atoms with van der Waals surface area (Å²) < 4.78 is 47.6. The Kier molecular flexibility index (Phi) is 5.55. The summed E-state index contributed by atoms with van der Waals surface area (Å²) in [5.74, 6) is 0. The van der Waals surface area contributed by atoms with E-state index in [-0.39, 0.29) is 6.04 Å². The van der Waals surface area contributed by atoms with Gasteiger partial charge in [-0.2, -0.15) is 0 Å². The first-order valence-electron chi connectivity index (χ1n) is 6.14. The Bertz CT molecular complexity index is 637. The van der Waals surface area contributed by atoms with Gasteiger partial charge in [-0.3, -0.25) is 4.72 Å². The molecule has 8 heteroatoms. The largest absolute Gasteiger partial charge is 0.310 e. The highest BCUT2D eigenvalue weighted by Gasteiger charge is 2.18. The van der Waals surface area contributed by atoms with E-state index < -0.39 is 24.9 Å². The van der Waals surface area contributed by atoms with Crippen LogP contribution in [0.5, 0.6) is 0 Å². The fourth-order valence-corrected chi connectivity index (χ4v) is 4.74. The van der Waals surface area contributed by atoms with Gasteiger partial charge in [-0.15, -0.1) is 0 Å². The number of benzene rings is 1. The van der Waals surface area contributed by atoms with Crippen molar-refractivity contribution in [1.82, 2.24) is 5.32 Å². The van der Waals surface area contributed by atoms with Crippen LogP contribution in [0.25, 0.3) is 0 Å². The van der Waals surface area contributed by atoms with Gasteiger partial charge in [-0.05, 0) is 31.2 Å². The van der Waals surface area contributed by atoms with Gasteiger partial charge in [0.05, 0.1) is 0 Å². The van der Waals surface area contributed by atoms with E-state index in [0.717, 1.165) is 18.4 Å². The molecule has 0 aliphatic carbocycles. The number of nitrogens with one attached hydrogen (secondary N) is 2. The molecule has 1 aromatic rings. The van der Waals surface area contributed by atoms with Gasteiger partial charge in [0.2, 0.25) is 10.0 Å². The van der Waals surface area contributed by atoms with Crippen LogP contribution in [0.4, 0.5) is 5.69 Å². The molecule has 0 saturated carbocycles. The minimum Gasteiger partial charge on any atom is -0.310 e. The molecular formula is C12H20N2O4S2. The molecule has 0 aliphatic rings. The predicted octanol–water partition coefficient (Wildman–Crippen LogP) is 1.10. The minimum atomic E-state index is -3.89. The highest BCUT2D eigenvalue weighted by atomic mass is 32.3. The second kappa shape index (κ2) is 6.55. The third-order valence-electron chi connectivity index (χ3n) is 2.56. The minimum absolute atomic E-state index is 0.168. The maximum absolute atomic E-state index is 11.6. The van der Waals surface area contributed by atoms with Crippen LogP contribution in [-0.4, -0.2) is 34.7 Å². The van der Waals surface area contributed by atoms with E-state index in [1.165, 1.54) is 0 Å². The summed E-state index contributed by atoms with van der Waals surface area (Å²) in [5.41, 5.74) is 1.37. The standard InChI is InChI=1S/C12H20N2O4S2/c1-4-13-10(2)11-5-7-12(8-6-11)14-20(17,18)9-19(3,15)16/h5-8,10,13-14H,4,9H2,1-3H3. The fourth-order valence-electron chi connectivity index (χ4n) is 1.75. The summed E-state index contributed by atoms with van der Waals surface area (Å²) in [7, 11) is -7.48. The van der Waals surface area contributed by atoms with Crippen LogP contribution in [0, 0.1) is 0 Å². The van der Waals surface area contributed by atoms with Crippen molar-refractivity contribution in [2.45, 2.75) is 19.9 Å². The number of hydrogen-bond donors (Lipinski definition) is 2. The van der Waals surface area contributed by atoms with Crippen LogP contribution in [0.15, 0.2) is 24.3 Å². The number of sulfone groups is 1. The van der Waals surface area contributed by atoms with Gasteiger partial charge in [-0.1, -0.05) is 19.1 Å². The molecule has 0 fully saturated rings. The Balaban J connectivity index is 2.80. The monoisotopic (exact) mass is 320 g/mol. The fraction of sp³-hybridized carbons (Fsp3) is 0.500. The highest BCUT2D eigenvalue weighted by Crippen LogP contribution is 2.17. The summed E-state index contributed by atoms with van der Waals surface area (Å²) in [6.45, 7) is 4.85. The van der Waals surface area contributed by atoms with E-state index in [0.29, 0.717) is 5.69 Å². The van der Waals surface area contributed by atoms with Crippen molar-refractivity contribution in [3.05, 3.63) is 29.8 Å². The molecule has 1 unspecified atom stereocenters. The van der Waals surface area contributed by atoms with Gasteiger partial charge in [-0.25, -0.2) is 16.8 Å². The SMILES string of the molecule is CCNC(C)c1ccc(NS(=O)(=O)CS(C)(=O)=O)cc1. The number of anilines is 1. The molecule has 0 aliphatic heterocycles. The molecule has 2 N–H and O–H groups in total. The second-order valence-corrected chi connectivity index (χ2v) is 8.89. The summed E-state index contributed by atoms with van der Waals surface area (Å²) in [6, 6.07) is 6.99. The van der Waals surface area contributed by atoms with E-state index in [2.05, 4.69) is 10.0 Å². The van der Waals surface area contributed by atoms with Crippen LogP contribution in [0.2, 0.25) is 0 Å². The van der Waals surface area contributed by atoms with E-state index in [1.807, 2.05) is 13.8 Å². The Labute approximate surface area is 120 Å². The molecule has 6 nitrogen and oxygen atoms in total. The molecule has 0 spiro atoms. The lowest BCUT2D eigenvalue weighted by Gasteiger charge is -2.13. The van der Waals surface area contributed by atoms with Crippen molar-refractivity contribution < 1.29 is 16.8 Å². The molecule has 0 aromatic heterocycles. The summed E-state index contributed by atoms with van der Waals surface area (Å²) in [6.07, 6.45) is 0.882. The van der Waals surface area contributed by atoms with Gasteiger partial charge in [0.15, 0.2) is 14.9 Å². The zero-order valence-corrected chi connectivity index (χ0v) is 13.4. The third-order valence-corrected chi connectivity index (χ3v) is 6.06. The summed E-state index contributed by atoms with van der Waals surface area (Å²) >= 11 is 0. The quantitative estimate of drug-likeness (QED) is 0.785. The average Bonchev–Trinajstić information content (AvgIpc) is 2.26. The third kappa shape index (κ3) is 5.89. The van der Waals surface area contributed by atoms with Crippen molar-refractivity contribution in [2.75, 3.05) is 22.6 Å². The van der Waals surface area contributed by atoms with Crippen molar-refractivity contribution >= 4 is 25.5 Å². The molecule has 1 aromatic carbocycles. The first kappa shape index (κ1) is 16.9. The smallest absolute Gasteiger partial charge is 0.247 e. The Morgan fingerprint density at radius 2 is 1.65 bits per heavy atom. The van der Waals surface area contributed by atoms with Gasteiger partial charge in [0, 0.05) is 18.0 Å². The van der Waals surface area contributed by atoms with Gasteiger partial charge in [0.1, 0.15) is 0 Å². The molecule has 0 heterocycles. The first-order valence-corrected chi connectivity index (χ1v) is 9.86. The van der Waals surface area contributed by atoms with E-state index in [1.54, 1.807) is 24.3 Å². The van der Waals surface area contributed by atoms with Gasteiger partial charge < -0.3 is 5.32 Å². The molecule has 20 heavy (non-hydrogen) atoms. The van der Waals surface area contributed by atoms with Crippen molar-refractivity contribution in [3.63, 3.8) is 0 Å². The molecule has 1 rings (SSSR count). The van der Waals surface area contributed by atoms with Crippen LogP contribution in [-0.2, 0) is 19.9 Å². The first-order chi connectivity index (χ1) is 9.13. The van der Waals surface area contributed by atoms with Crippen LogP contribution >= 0.6 is 0 Å². The Hall–Kier alpha value is -1.12. The van der Waals surface area contributed by atoms with E-state index >= 15 is 0 Å². The lowest BCUT2D eigenvalue weighted by molar-refractivity contribution is 0.595. The maximum atomic E-state index is 11.6. The molecule has 0 saturated heterocycles. The van der Waals surface area contributed by atoms with Crippen molar-refractivity contribution in [3.8, 4) is 0 Å². The summed E-state index contributed by atoms with van der Waals surface area (Å²) in [5, 5.41) is 2.32. The molecular weight excluding hydrogens is 300 g/mol. The molecule has 114 valence electrons. The number of rotatable bonds is 7. The zero-order chi connectivity index (χ0) is 15.4. The van der Waals surface area contributed by atoms with E-state index in [4.69, 9.17) is 0 Å². The molecule has 0 radical (unpaired) electrons. The number of hydrogen-bond acceptors (Lipinski definition) is 5. The molecule has 1 atom stereocenters. The highest BCUT2D eigenvalue weighted by molar-refractivity contribution is 8.08. The maximum Gasteiger partial charge on any atom is 0.247 e. The van der Waals surface area contributed by atoms with Gasteiger partial charge in [0.25, 0.3) is 0 Å². The predicted molar refractivity (Wildman–Crippen MR) is 80.8 cm³/mol. The molecule has 0 amide bonds. The second-order valence-electron chi connectivity index (χ2n) is 4.66. The van der Waals surface area contributed by atoms with Crippen LogP contribution < -0.4 is 10.0 Å². The van der Waals surface area contributed by atoms with Crippen molar-refractivity contribution in [1.29, 1.82) is 0 Å².